The maximum Gasteiger partial charge on any atom is 0.0947 e. The normalized spacial score (nSPS) is 14.0. The number of aromatic nitrogens is 1. The van der Waals surface area contributed by atoms with Gasteiger partial charge in [0.05, 0.1) is 30.3 Å². The van der Waals surface area contributed by atoms with E-state index >= 15 is 0 Å². The molecule has 0 aliphatic carbocycles. The molecule has 0 aliphatic rings. The maximum atomic E-state index is 9.76. The van der Waals surface area contributed by atoms with Crippen LogP contribution in [-0.4, -0.2) is 50.0 Å². The number of hydrogen-bond acceptors (Lipinski definition) is 5. The van der Waals surface area contributed by atoms with Crippen molar-refractivity contribution in [1.29, 1.82) is 0 Å². The molecule has 1 aromatic rings. The van der Waals surface area contributed by atoms with Crippen molar-refractivity contribution < 1.29 is 9.84 Å². The van der Waals surface area contributed by atoms with Gasteiger partial charge in [-0.25, -0.2) is 0 Å². The van der Waals surface area contributed by atoms with Crippen molar-refractivity contribution in [3.8, 4) is 0 Å². The van der Waals surface area contributed by atoms with Crippen LogP contribution in [0, 0.1) is 0 Å². The Balaban J connectivity index is 2.63. The largest absolute Gasteiger partial charge is 0.389 e. The van der Waals surface area contributed by atoms with E-state index in [1.165, 1.54) is 0 Å². The SMILES string of the molecule is CCCNC(CC)c1ccc(N(C)CC(O)COC)cn1. The minimum Gasteiger partial charge on any atom is -0.389 e. The van der Waals surface area contributed by atoms with Gasteiger partial charge in [-0.2, -0.15) is 0 Å². The molecule has 2 N–H and O–H groups in total. The third kappa shape index (κ3) is 5.99. The fraction of sp³-hybridized carbons (Fsp3) is 0.688. The minimum absolute atomic E-state index is 0.309. The van der Waals surface area contributed by atoms with E-state index in [1.54, 1.807) is 7.11 Å². The Kier molecular flexibility index (Phi) is 8.27. The standard InChI is InChI=1S/C16H29N3O2/c1-5-9-17-15(6-2)16-8-7-13(10-18-16)19(3)11-14(20)12-21-4/h7-8,10,14-15,17,20H,5-6,9,11-12H2,1-4H3. The molecule has 0 aliphatic heterocycles. The molecular weight excluding hydrogens is 266 g/mol. The number of aliphatic hydroxyl groups is 1. The van der Waals surface area contributed by atoms with E-state index in [9.17, 15) is 5.11 Å². The van der Waals surface area contributed by atoms with Crippen molar-refractivity contribution in [3.63, 3.8) is 0 Å². The van der Waals surface area contributed by atoms with Crippen LogP contribution in [0.4, 0.5) is 5.69 Å². The molecule has 1 heterocycles. The lowest BCUT2D eigenvalue weighted by Crippen LogP contribution is -2.32. The van der Waals surface area contributed by atoms with Gasteiger partial charge in [0.2, 0.25) is 0 Å². The van der Waals surface area contributed by atoms with E-state index in [0.717, 1.165) is 30.8 Å². The molecule has 0 spiro atoms. The van der Waals surface area contributed by atoms with E-state index in [2.05, 4.69) is 36.3 Å². The van der Waals surface area contributed by atoms with Gasteiger partial charge in [0, 0.05) is 26.7 Å². The number of hydrogen-bond donors (Lipinski definition) is 2. The molecule has 0 fully saturated rings. The van der Waals surface area contributed by atoms with E-state index in [4.69, 9.17) is 4.74 Å². The number of likely N-dealkylation sites (N-methyl/N-ethyl adjacent to an activating group) is 1. The summed E-state index contributed by atoms with van der Waals surface area (Å²) in [5.41, 5.74) is 2.07. The molecule has 1 aromatic heterocycles. The minimum atomic E-state index is -0.491. The fourth-order valence-electron chi connectivity index (χ4n) is 2.27. The first kappa shape index (κ1) is 17.9. The van der Waals surface area contributed by atoms with Crippen LogP contribution in [0.2, 0.25) is 0 Å². The summed E-state index contributed by atoms with van der Waals surface area (Å²) in [6.07, 6.45) is 3.52. The maximum absolute atomic E-state index is 9.76. The Hall–Kier alpha value is -1.17. The average molecular weight is 295 g/mol. The second-order valence-electron chi connectivity index (χ2n) is 5.35. The Morgan fingerprint density at radius 1 is 1.38 bits per heavy atom. The highest BCUT2D eigenvalue weighted by molar-refractivity contribution is 5.44. The van der Waals surface area contributed by atoms with Crippen molar-refractivity contribution in [2.45, 2.75) is 38.8 Å². The molecule has 0 saturated carbocycles. The zero-order valence-corrected chi connectivity index (χ0v) is 13.7. The Bertz CT molecular complexity index is 384. The number of aliphatic hydroxyl groups excluding tert-OH is 1. The lowest BCUT2D eigenvalue weighted by Gasteiger charge is -2.23. The molecular formula is C16H29N3O2. The molecule has 0 saturated heterocycles. The summed E-state index contributed by atoms with van der Waals surface area (Å²) in [6, 6.07) is 4.42. The highest BCUT2D eigenvalue weighted by Gasteiger charge is 2.12. The fourth-order valence-corrected chi connectivity index (χ4v) is 2.27. The van der Waals surface area contributed by atoms with Crippen molar-refractivity contribution in [2.24, 2.45) is 0 Å². The molecule has 0 amide bonds. The topological polar surface area (TPSA) is 57.6 Å². The van der Waals surface area contributed by atoms with Crippen LogP contribution in [-0.2, 0) is 4.74 Å². The van der Waals surface area contributed by atoms with Gasteiger partial charge in [0.25, 0.3) is 0 Å². The Morgan fingerprint density at radius 3 is 2.67 bits per heavy atom. The lowest BCUT2D eigenvalue weighted by atomic mass is 10.1. The molecule has 1 rings (SSSR count). The first-order chi connectivity index (χ1) is 10.1. The first-order valence-corrected chi connectivity index (χ1v) is 7.69. The zero-order chi connectivity index (χ0) is 15.7. The molecule has 5 nitrogen and oxygen atoms in total. The van der Waals surface area contributed by atoms with Crippen LogP contribution < -0.4 is 10.2 Å². The number of ether oxygens (including phenoxy) is 1. The van der Waals surface area contributed by atoms with Crippen molar-refractivity contribution >= 4 is 5.69 Å². The summed E-state index contributed by atoms with van der Waals surface area (Å²) < 4.78 is 4.94. The molecule has 2 atom stereocenters. The van der Waals surface area contributed by atoms with Gasteiger partial charge in [-0.3, -0.25) is 4.98 Å². The van der Waals surface area contributed by atoms with E-state index in [0.29, 0.717) is 19.2 Å². The average Bonchev–Trinajstić information content (AvgIpc) is 2.48. The molecule has 0 bridgehead atoms. The Morgan fingerprint density at radius 2 is 2.14 bits per heavy atom. The molecule has 120 valence electrons. The third-order valence-electron chi connectivity index (χ3n) is 3.46. The van der Waals surface area contributed by atoms with Crippen LogP contribution >= 0.6 is 0 Å². The Labute approximate surface area is 128 Å². The van der Waals surface area contributed by atoms with Crippen LogP contribution in [0.25, 0.3) is 0 Å². The van der Waals surface area contributed by atoms with Crippen LogP contribution in [0.3, 0.4) is 0 Å². The predicted molar refractivity (Wildman–Crippen MR) is 86.7 cm³/mol. The van der Waals surface area contributed by atoms with Crippen molar-refractivity contribution in [1.82, 2.24) is 10.3 Å². The van der Waals surface area contributed by atoms with E-state index < -0.39 is 6.10 Å². The monoisotopic (exact) mass is 295 g/mol. The quantitative estimate of drug-likeness (QED) is 0.691. The summed E-state index contributed by atoms with van der Waals surface area (Å²) in [7, 11) is 3.54. The lowest BCUT2D eigenvalue weighted by molar-refractivity contribution is 0.0695. The zero-order valence-electron chi connectivity index (χ0n) is 13.7. The first-order valence-electron chi connectivity index (χ1n) is 7.69. The smallest absolute Gasteiger partial charge is 0.0947 e. The van der Waals surface area contributed by atoms with E-state index in [1.807, 2.05) is 18.1 Å². The predicted octanol–water partition coefficient (Wildman–Crippen LogP) is 1.98. The molecule has 0 radical (unpaired) electrons. The summed E-state index contributed by atoms with van der Waals surface area (Å²) in [5, 5.41) is 13.3. The van der Waals surface area contributed by atoms with Gasteiger partial charge in [-0.1, -0.05) is 13.8 Å². The van der Waals surface area contributed by atoms with Crippen LogP contribution in [0.1, 0.15) is 38.4 Å². The molecule has 2 unspecified atom stereocenters. The van der Waals surface area contributed by atoms with Crippen molar-refractivity contribution in [2.75, 3.05) is 38.8 Å². The summed E-state index contributed by atoms with van der Waals surface area (Å²) >= 11 is 0. The van der Waals surface area contributed by atoms with Gasteiger partial charge < -0.3 is 20.1 Å². The number of pyridine rings is 1. The van der Waals surface area contributed by atoms with E-state index in [-0.39, 0.29) is 0 Å². The van der Waals surface area contributed by atoms with Gasteiger partial charge in [0.1, 0.15) is 0 Å². The highest BCUT2D eigenvalue weighted by atomic mass is 16.5. The summed E-state index contributed by atoms with van der Waals surface area (Å²) in [5.74, 6) is 0. The van der Waals surface area contributed by atoms with Crippen molar-refractivity contribution in [3.05, 3.63) is 24.0 Å². The van der Waals surface area contributed by atoms with Gasteiger partial charge in [-0.15, -0.1) is 0 Å². The van der Waals surface area contributed by atoms with Crippen LogP contribution in [0.5, 0.6) is 0 Å². The molecule has 5 heteroatoms. The number of methoxy groups -OCH3 is 1. The second-order valence-corrected chi connectivity index (χ2v) is 5.35. The summed E-state index contributed by atoms with van der Waals surface area (Å²) in [4.78, 5) is 6.55. The van der Waals surface area contributed by atoms with Crippen LogP contribution in [0.15, 0.2) is 18.3 Å². The number of nitrogens with zero attached hydrogens (tertiary/aromatic N) is 2. The number of nitrogens with one attached hydrogen (secondary N) is 1. The molecule has 0 aromatic carbocycles. The number of anilines is 1. The second kappa shape index (κ2) is 9.71. The van der Waals surface area contributed by atoms with Gasteiger partial charge in [0.15, 0.2) is 0 Å². The van der Waals surface area contributed by atoms with Gasteiger partial charge >= 0.3 is 0 Å². The van der Waals surface area contributed by atoms with Gasteiger partial charge in [-0.05, 0) is 31.5 Å². The number of rotatable bonds is 10. The summed E-state index contributed by atoms with van der Waals surface area (Å²) in [6.45, 7) is 6.20. The highest BCUT2D eigenvalue weighted by Crippen LogP contribution is 2.18. The third-order valence-corrected chi connectivity index (χ3v) is 3.46. The molecule has 21 heavy (non-hydrogen) atoms.